The lowest BCUT2D eigenvalue weighted by Crippen LogP contribution is -2.06. The highest BCUT2D eigenvalue weighted by molar-refractivity contribution is 5.93. The fraction of sp³-hybridized carbons (Fsp3) is 0.0417. The maximum atomic E-state index is 11.0. The van der Waals surface area contributed by atoms with E-state index in [1.54, 1.807) is 24.3 Å². The van der Waals surface area contributed by atoms with E-state index in [2.05, 4.69) is 21.9 Å². The first-order valence-corrected chi connectivity index (χ1v) is 9.40. The Balaban J connectivity index is 1.61. The maximum absolute atomic E-state index is 11.0. The SMILES string of the molecule is C=Cc1ccc(-c2ccc3c(NCc4ccc(C(=O)O)cc4)nc(N)nc3c2)cc1. The van der Waals surface area contributed by atoms with Crippen molar-refractivity contribution in [3.8, 4) is 11.1 Å². The van der Waals surface area contributed by atoms with Crippen LogP contribution in [0.4, 0.5) is 11.8 Å². The van der Waals surface area contributed by atoms with Crippen molar-refractivity contribution < 1.29 is 9.90 Å². The maximum Gasteiger partial charge on any atom is 0.335 e. The van der Waals surface area contributed by atoms with Crippen LogP contribution in [0.1, 0.15) is 21.5 Å². The second-order valence-corrected chi connectivity index (χ2v) is 6.84. The predicted molar refractivity (Wildman–Crippen MR) is 120 cm³/mol. The fourth-order valence-electron chi connectivity index (χ4n) is 3.22. The molecule has 0 atom stereocenters. The van der Waals surface area contributed by atoms with Crippen LogP contribution in [0.2, 0.25) is 0 Å². The highest BCUT2D eigenvalue weighted by Crippen LogP contribution is 2.28. The predicted octanol–water partition coefficient (Wildman–Crippen LogP) is 4.83. The van der Waals surface area contributed by atoms with Crippen LogP contribution in [-0.4, -0.2) is 21.0 Å². The van der Waals surface area contributed by atoms with Crippen molar-refractivity contribution in [1.29, 1.82) is 0 Å². The molecule has 148 valence electrons. The average molecular weight is 396 g/mol. The summed E-state index contributed by atoms with van der Waals surface area (Å²) in [5.41, 5.74) is 11.0. The molecule has 4 rings (SSSR count). The quantitative estimate of drug-likeness (QED) is 0.431. The molecule has 0 radical (unpaired) electrons. The van der Waals surface area contributed by atoms with Crippen LogP contribution in [0.15, 0.2) is 73.3 Å². The van der Waals surface area contributed by atoms with Gasteiger partial charge in [-0.25, -0.2) is 9.78 Å². The number of nitrogens with two attached hydrogens (primary N) is 1. The topological polar surface area (TPSA) is 101 Å². The van der Waals surface area contributed by atoms with Gasteiger partial charge in [-0.3, -0.25) is 0 Å². The Labute approximate surface area is 173 Å². The first-order valence-electron chi connectivity index (χ1n) is 9.40. The second kappa shape index (κ2) is 8.05. The Morgan fingerprint density at radius 2 is 1.70 bits per heavy atom. The number of nitrogens with one attached hydrogen (secondary N) is 1. The van der Waals surface area contributed by atoms with Crippen LogP contribution >= 0.6 is 0 Å². The van der Waals surface area contributed by atoms with Gasteiger partial charge < -0.3 is 16.2 Å². The number of anilines is 2. The van der Waals surface area contributed by atoms with Crippen molar-refractivity contribution in [1.82, 2.24) is 9.97 Å². The minimum absolute atomic E-state index is 0.186. The molecule has 4 N–H and O–H groups in total. The van der Waals surface area contributed by atoms with Crippen molar-refractivity contribution in [3.05, 3.63) is 90.0 Å². The number of hydrogen-bond donors (Lipinski definition) is 3. The first kappa shape index (κ1) is 19.1. The van der Waals surface area contributed by atoms with E-state index in [1.807, 2.05) is 48.5 Å². The molecule has 1 heterocycles. The third-order valence-corrected chi connectivity index (χ3v) is 4.85. The molecule has 0 saturated heterocycles. The molecule has 3 aromatic carbocycles. The summed E-state index contributed by atoms with van der Waals surface area (Å²) in [7, 11) is 0. The third-order valence-electron chi connectivity index (χ3n) is 4.85. The van der Waals surface area contributed by atoms with E-state index in [-0.39, 0.29) is 11.5 Å². The number of hydrogen-bond acceptors (Lipinski definition) is 5. The van der Waals surface area contributed by atoms with Crippen molar-refractivity contribution in [2.45, 2.75) is 6.54 Å². The van der Waals surface area contributed by atoms with Crippen molar-refractivity contribution in [2.24, 2.45) is 0 Å². The number of carbonyl (C=O) groups is 1. The smallest absolute Gasteiger partial charge is 0.335 e. The lowest BCUT2D eigenvalue weighted by molar-refractivity contribution is 0.0697. The summed E-state index contributed by atoms with van der Waals surface area (Å²) >= 11 is 0. The monoisotopic (exact) mass is 396 g/mol. The Kier molecular flexibility index (Phi) is 5.13. The van der Waals surface area contributed by atoms with Crippen molar-refractivity contribution in [3.63, 3.8) is 0 Å². The largest absolute Gasteiger partial charge is 0.478 e. The number of rotatable bonds is 6. The van der Waals surface area contributed by atoms with Crippen LogP contribution in [0.3, 0.4) is 0 Å². The van der Waals surface area contributed by atoms with Gasteiger partial charge in [0.15, 0.2) is 0 Å². The minimum atomic E-state index is -0.945. The lowest BCUT2D eigenvalue weighted by atomic mass is 10.0. The number of benzene rings is 3. The van der Waals surface area contributed by atoms with Gasteiger partial charge in [-0.2, -0.15) is 4.98 Å². The van der Waals surface area contributed by atoms with E-state index >= 15 is 0 Å². The Hall–Kier alpha value is -4.19. The first-order chi connectivity index (χ1) is 14.5. The molecule has 0 aliphatic rings. The summed E-state index contributed by atoms with van der Waals surface area (Å²) < 4.78 is 0. The number of aromatic nitrogens is 2. The molecule has 0 aliphatic heterocycles. The van der Waals surface area contributed by atoms with E-state index in [0.29, 0.717) is 12.4 Å². The van der Waals surface area contributed by atoms with E-state index in [4.69, 9.17) is 10.8 Å². The molecular formula is C24H20N4O2. The van der Waals surface area contributed by atoms with Gasteiger partial charge >= 0.3 is 5.97 Å². The van der Waals surface area contributed by atoms with Crippen LogP contribution < -0.4 is 11.1 Å². The Morgan fingerprint density at radius 3 is 2.37 bits per heavy atom. The number of carboxylic acids is 1. The average Bonchev–Trinajstić information content (AvgIpc) is 2.77. The van der Waals surface area contributed by atoms with Crippen LogP contribution in [-0.2, 0) is 6.54 Å². The van der Waals surface area contributed by atoms with E-state index < -0.39 is 5.97 Å². The van der Waals surface area contributed by atoms with Crippen molar-refractivity contribution >= 4 is 34.7 Å². The van der Waals surface area contributed by atoms with E-state index in [1.165, 1.54) is 0 Å². The van der Waals surface area contributed by atoms with Crippen LogP contribution in [0.25, 0.3) is 28.1 Å². The van der Waals surface area contributed by atoms with E-state index in [0.717, 1.165) is 33.2 Å². The highest BCUT2D eigenvalue weighted by Gasteiger charge is 2.09. The number of aromatic carboxylic acids is 1. The summed E-state index contributed by atoms with van der Waals surface area (Å²) in [6.07, 6.45) is 1.81. The molecule has 0 bridgehead atoms. The fourth-order valence-corrected chi connectivity index (χ4v) is 3.22. The summed E-state index contributed by atoms with van der Waals surface area (Å²) in [5.74, 6) is -0.127. The molecular weight excluding hydrogens is 376 g/mol. The molecule has 4 aromatic rings. The molecule has 6 nitrogen and oxygen atoms in total. The molecule has 0 aliphatic carbocycles. The molecule has 1 aromatic heterocycles. The van der Waals surface area contributed by atoms with Gasteiger partial charge in [0, 0.05) is 11.9 Å². The van der Waals surface area contributed by atoms with Gasteiger partial charge in [0.2, 0.25) is 5.95 Å². The van der Waals surface area contributed by atoms with Crippen molar-refractivity contribution in [2.75, 3.05) is 11.1 Å². The minimum Gasteiger partial charge on any atom is -0.478 e. The van der Waals surface area contributed by atoms with Gasteiger partial charge in [0.05, 0.1) is 11.1 Å². The number of nitrogen functional groups attached to an aromatic ring is 1. The molecule has 30 heavy (non-hydrogen) atoms. The summed E-state index contributed by atoms with van der Waals surface area (Å²) in [6, 6.07) is 20.8. The molecule has 0 unspecified atom stereocenters. The second-order valence-electron chi connectivity index (χ2n) is 6.84. The molecule has 0 amide bonds. The highest BCUT2D eigenvalue weighted by atomic mass is 16.4. The molecule has 0 saturated carbocycles. The molecule has 0 spiro atoms. The van der Waals surface area contributed by atoms with Gasteiger partial charge in [0.25, 0.3) is 0 Å². The number of carboxylic acid groups (broad SMARTS) is 1. The molecule has 0 fully saturated rings. The normalized spacial score (nSPS) is 10.7. The van der Waals surface area contributed by atoms with Gasteiger partial charge in [-0.1, -0.05) is 55.1 Å². The zero-order valence-corrected chi connectivity index (χ0v) is 16.2. The summed E-state index contributed by atoms with van der Waals surface area (Å²) in [4.78, 5) is 19.7. The summed E-state index contributed by atoms with van der Waals surface area (Å²) in [5, 5.41) is 13.1. The number of fused-ring (bicyclic) bond motifs is 1. The molecule has 6 heteroatoms. The van der Waals surface area contributed by atoms with Crippen LogP contribution in [0.5, 0.6) is 0 Å². The third kappa shape index (κ3) is 3.98. The zero-order valence-electron chi connectivity index (χ0n) is 16.2. The summed E-state index contributed by atoms with van der Waals surface area (Å²) in [6.45, 7) is 4.26. The van der Waals surface area contributed by atoms with Crippen LogP contribution in [0, 0.1) is 0 Å². The zero-order chi connectivity index (χ0) is 21.1. The van der Waals surface area contributed by atoms with Gasteiger partial charge in [-0.05, 0) is 46.5 Å². The van der Waals surface area contributed by atoms with Gasteiger partial charge in [0.1, 0.15) is 5.82 Å². The number of nitrogens with zero attached hydrogens (tertiary/aromatic N) is 2. The van der Waals surface area contributed by atoms with Gasteiger partial charge in [-0.15, -0.1) is 0 Å². The van der Waals surface area contributed by atoms with E-state index in [9.17, 15) is 4.79 Å². The Bertz CT molecular complexity index is 1230. The Morgan fingerprint density at radius 1 is 1.00 bits per heavy atom. The standard InChI is InChI=1S/C24H20N4O2/c1-2-15-3-7-17(8-4-15)19-11-12-20-21(13-19)27-24(25)28-22(20)26-14-16-5-9-18(10-6-16)23(29)30/h2-13H,1,14H2,(H,29,30)(H3,25,26,27,28). The lowest BCUT2D eigenvalue weighted by Gasteiger charge is -2.11.